The molecule has 1 aromatic rings. The topological polar surface area (TPSA) is 128 Å². The fourth-order valence-electron chi connectivity index (χ4n) is 2.90. The number of rotatable bonds is 6. The van der Waals surface area contributed by atoms with E-state index in [1.165, 1.54) is 4.90 Å². The molecule has 1 aromatic heterocycles. The van der Waals surface area contributed by atoms with Crippen molar-refractivity contribution in [1.29, 1.82) is 0 Å². The summed E-state index contributed by atoms with van der Waals surface area (Å²) in [6.07, 6.45) is 1.82. The third-order valence-electron chi connectivity index (χ3n) is 4.22. The zero-order valence-electron chi connectivity index (χ0n) is 13.8. The first kappa shape index (κ1) is 17.9. The lowest BCUT2D eigenvalue weighted by Gasteiger charge is -2.26. The van der Waals surface area contributed by atoms with Gasteiger partial charge in [-0.15, -0.1) is 0 Å². The zero-order chi connectivity index (χ0) is 17.9. The number of amides is 1. The molecule has 2 heterocycles. The van der Waals surface area contributed by atoms with Gasteiger partial charge in [0, 0.05) is 12.2 Å². The lowest BCUT2D eigenvalue weighted by molar-refractivity contribution is -0.148. The number of anilines is 1. The fraction of sp³-hybridized carbons (Fsp3) is 0.500. The number of nitrogens with zero attached hydrogens (tertiary/aromatic N) is 2. The standard InChI is InChI=1S/C16H22N4O4/c1-9-5-6-12(16(23)24)20(9)13(22)8-19-15-11(4-3-7-18-15)14(17)10(2)21/h3-4,7,9-10,12,17,21H,5-6,8H2,1-2H3,(H,18,19)(H,23,24)/p+1/t9-,10?,12?/m1/s1. The average molecular weight is 335 g/mol. The molecule has 5 N–H and O–H groups in total. The number of carbonyl (C=O) groups is 2. The van der Waals surface area contributed by atoms with Crippen LogP contribution in [0.3, 0.4) is 0 Å². The van der Waals surface area contributed by atoms with Gasteiger partial charge in [0.05, 0.1) is 12.1 Å². The first-order valence-corrected chi connectivity index (χ1v) is 7.86. The quantitative estimate of drug-likeness (QED) is 0.488. The summed E-state index contributed by atoms with van der Waals surface area (Å²) in [6.45, 7) is 3.29. The van der Waals surface area contributed by atoms with Crippen molar-refractivity contribution in [2.45, 2.75) is 44.9 Å². The number of aliphatic hydroxyl groups is 1. The second kappa shape index (κ2) is 7.39. The number of hydrogen-bond donors (Lipinski definition) is 4. The number of nitrogens with two attached hydrogens (primary N) is 1. The number of pyridine rings is 1. The normalized spacial score (nSPS) is 21.4. The molecule has 24 heavy (non-hydrogen) atoms. The molecular formula is C16H23N4O4+. The van der Waals surface area contributed by atoms with Crippen molar-refractivity contribution in [3.8, 4) is 0 Å². The highest BCUT2D eigenvalue weighted by atomic mass is 16.4. The van der Waals surface area contributed by atoms with Crippen molar-refractivity contribution in [2.75, 3.05) is 11.9 Å². The summed E-state index contributed by atoms with van der Waals surface area (Å²) in [5.74, 6) is -0.916. The Balaban J connectivity index is 2.10. The number of nitrogens with one attached hydrogen (secondary N) is 1. The van der Waals surface area contributed by atoms with Crippen molar-refractivity contribution in [1.82, 2.24) is 9.88 Å². The first-order chi connectivity index (χ1) is 11.3. The van der Waals surface area contributed by atoms with Crippen LogP contribution in [-0.4, -0.2) is 62.4 Å². The van der Waals surface area contributed by atoms with Gasteiger partial charge in [0.1, 0.15) is 18.0 Å². The van der Waals surface area contributed by atoms with Gasteiger partial charge in [-0.3, -0.25) is 10.2 Å². The highest BCUT2D eigenvalue weighted by Crippen LogP contribution is 2.24. The Hall–Kier alpha value is -2.48. The Labute approximate surface area is 140 Å². The Kier molecular flexibility index (Phi) is 5.50. The monoisotopic (exact) mass is 335 g/mol. The molecule has 8 heteroatoms. The summed E-state index contributed by atoms with van der Waals surface area (Å²) in [7, 11) is 0. The van der Waals surface area contributed by atoms with Gasteiger partial charge in [-0.1, -0.05) is 0 Å². The molecule has 1 amide bonds. The van der Waals surface area contributed by atoms with Crippen molar-refractivity contribution >= 4 is 23.4 Å². The molecule has 1 aliphatic rings. The number of likely N-dealkylation sites (tertiary alicyclic amines) is 1. The van der Waals surface area contributed by atoms with Crippen molar-refractivity contribution in [3.63, 3.8) is 0 Å². The van der Waals surface area contributed by atoms with Gasteiger partial charge in [0.2, 0.25) is 11.6 Å². The summed E-state index contributed by atoms with van der Waals surface area (Å²) < 4.78 is 0. The van der Waals surface area contributed by atoms with E-state index in [0.717, 1.165) is 0 Å². The molecule has 8 nitrogen and oxygen atoms in total. The molecule has 0 bridgehead atoms. The van der Waals surface area contributed by atoms with Gasteiger partial charge in [0.15, 0.2) is 0 Å². The Bertz CT molecular complexity index is 647. The van der Waals surface area contributed by atoms with E-state index in [1.807, 2.05) is 6.92 Å². The van der Waals surface area contributed by atoms with Crippen LogP contribution in [0.4, 0.5) is 5.82 Å². The van der Waals surface area contributed by atoms with E-state index in [2.05, 4.69) is 10.3 Å². The van der Waals surface area contributed by atoms with Crippen LogP contribution >= 0.6 is 0 Å². The molecule has 1 saturated heterocycles. The predicted octanol–water partition coefficient (Wildman–Crippen LogP) is -1.11. The van der Waals surface area contributed by atoms with E-state index in [9.17, 15) is 19.8 Å². The maximum absolute atomic E-state index is 12.4. The van der Waals surface area contributed by atoms with Gasteiger partial charge in [0.25, 0.3) is 0 Å². The van der Waals surface area contributed by atoms with Crippen molar-refractivity contribution in [3.05, 3.63) is 23.9 Å². The van der Waals surface area contributed by atoms with Crippen LogP contribution in [0.5, 0.6) is 0 Å². The van der Waals surface area contributed by atoms with Crippen LogP contribution in [0, 0.1) is 0 Å². The number of carbonyl (C=O) groups excluding carboxylic acids is 1. The first-order valence-electron chi connectivity index (χ1n) is 7.86. The van der Waals surface area contributed by atoms with E-state index < -0.39 is 18.1 Å². The predicted molar refractivity (Wildman–Crippen MR) is 87.4 cm³/mol. The highest BCUT2D eigenvalue weighted by molar-refractivity contribution is 6.03. The molecule has 0 saturated carbocycles. The van der Waals surface area contributed by atoms with Gasteiger partial charge in [-0.25, -0.2) is 9.78 Å². The maximum Gasteiger partial charge on any atom is 0.326 e. The summed E-state index contributed by atoms with van der Waals surface area (Å²) in [5, 5.41) is 27.6. The minimum atomic E-state index is -0.988. The van der Waals surface area contributed by atoms with Crippen LogP contribution < -0.4 is 10.7 Å². The van der Waals surface area contributed by atoms with Gasteiger partial charge in [-0.05, 0) is 38.8 Å². The minimum absolute atomic E-state index is 0.0920. The molecule has 130 valence electrons. The van der Waals surface area contributed by atoms with Crippen molar-refractivity contribution in [2.24, 2.45) is 0 Å². The van der Waals surface area contributed by atoms with Crippen LogP contribution in [-0.2, 0) is 9.59 Å². The van der Waals surface area contributed by atoms with Crippen LogP contribution in [0.2, 0.25) is 0 Å². The summed E-state index contributed by atoms with van der Waals surface area (Å²) in [5.41, 5.74) is 0.764. The Morgan fingerprint density at radius 2 is 2.21 bits per heavy atom. The summed E-state index contributed by atoms with van der Waals surface area (Å²) in [4.78, 5) is 29.3. The molecule has 0 aliphatic carbocycles. The Morgan fingerprint density at radius 1 is 1.50 bits per heavy atom. The molecule has 0 aromatic carbocycles. The molecule has 2 unspecified atom stereocenters. The van der Waals surface area contributed by atoms with Crippen LogP contribution in [0.15, 0.2) is 18.3 Å². The third kappa shape index (κ3) is 3.70. The fourth-order valence-corrected chi connectivity index (χ4v) is 2.90. The highest BCUT2D eigenvalue weighted by Gasteiger charge is 2.38. The molecule has 0 spiro atoms. The van der Waals surface area contributed by atoms with Crippen LogP contribution in [0.25, 0.3) is 0 Å². The van der Waals surface area contributed by atoms with Gasteiger partial charge >= 0.3 is 5.97 Å². The summed E-state index contributed by atoms with van der Waals surface area (Å²) in [6, 6.07) is 2.48. The van der Waals surface area contributed by atoms with E-state index in [-0.39, 0.29) is 24.2 Å². The number of hydrogen-bond acceptors (Lipinski definition) is 5. The second-order valence-electron chi connectivity index (χ2n) is 5.97. The molecule has 0 radical (unpaired) electrons. The van der Waals surface area contributed by atoms with E-state index >= 15 is 0 Å². The number of aliphatic hydroxyl groups excluding tert-OH is 1. The number of carboxylic acids is 1. The maximum atomic E-state index is 12.4. The third-order valence-corrected chi connectivity index (χ3v) is 4.22. The lowest BCUT2D eigenvalue weighted by Crippen LogP contribution is -2.48. The minimum Gasteiger partial charge on any atom is -0.480 e. The van der Waals surface area contributed by atoms with Gasteiger partial charge in [-0.2, -0.15) is 0 Å². The second-order valence-corrected chi connectivity index (χ2v) is 5.97. The van der Waals surface area contributed by atoms with Crippen molar-refractivity contribution < 1.29 is 25.2 Å². The summed E-state index contributed by atoms with van der Waals surface area (Å²) >= 11 is 0. The number of carboxylic acid groups (broad SMARTS) is 1. The van der Waals surface area contributed by atoms with E-state index in [1.54, 1.807) is 25.3 Å². The molecule has 3 atom stereocenters. The Morgan fingerprint density at radius 3 is 2.83 bits per heavy atom. The lowest BCUT2D eigenvalue weighted by atomic mass is 10.1. The smallest absolute Gasteiger partial charge is 0.326 e. The zero-order valence-corrected chi connectivity index (χ0v) is 13.8. The number of aliphatic carboxylic acids is 1. The number of aromatic nitrogens is 1. The SMILES string of the molecule is CC(O)C(=[NH2+])c1cccnc1NCC(=O)N1C(C(=O)O)CC[C@H]1C. The molecular weight excluding hydrogens is 312 g/mol. The van der Waals surface area contributed by atoms with E-state index in [0.29, 0.717) is 24.2 Å². The molecule has 2 rings (SSSR count). The van der Waals surface area contributed by atoms with Crippen LogP contribution in [0.1, 0.15) is 32.3 Å². The molecule has 1 aliphatic heterocycles. The molecule has 1 fully saturated rings. The van der Waals surface area contributed by atoms with Gasteiger partial charge < -0.3 is 20.4 Å². The average Bonchev–Trinajstić information content (AvgIpc) is 2.94. The largest absolute Gasteiger partial charge is 0.480 e. The van der Waals surface area contributed by atoms with E-state index in [4.69, 9.17) is 5.41 Å².